The smallest absolute Gasteiger partial charge is 0.192 e. The van der Waals surface area contributed by atoms with Crippen molar-refractivity contribution >= 4 is 38.5 Å². The van der Waals surface area contributed by atoms with Gasteiger partial charge in [-0.15, -0.1) is 0 Å². The fourth-order valence-corrected chi connectivity index (χ4v) is 7.90. The third-order valence-corrected chi connectivity index (χ3v) is 21.3. The summed E-state index contributed by atoms with van der Waals surface area (Å²) < 4.78 is 33.2. The van der Waals surface area contributed by atoms with Gasteiger partial charge in [-0.05, 0) is 99.4 Å². The molecule has 0 aliphatic carbocycles. The number of aromatic nitrogens is 4. The van der Waals surface area contributed by atoms with Crippen molar-refractivity contribution in [1.82, 2.24) is 19.7 Å². The molecule has 2 N–H and O–H groups in total. The molecule has 0 saturated carbocycles. The highest BCUT2D eigenvalue weighted by molar-refractivity contribution is 7.84. The van der Waals surface area contributed by atoms with Gasteiger partial charge in [-0.1, -0.05) is 67.0 Å². The second-order valence-electron chi connectivity index (χ2n) is 17.7. The summed E-state index contributed by atoms with van der Waals surface area (Å²) in [7, 11) is -5.34. The predicted molar refractivity (Wildman–Crippen MR) is 221 cm³/mol. The molecule has 0 saturated heterocycles. The van der Waals surface area contributed by atoms with Gasteiger partial charge >= 0.3 is 0 Å². The lowest BCUT2D eigenvalue weighted by Crippen LogP contribution is -2.41. The van der Waals surface area contributed by atoms with Crippen LogP contribution < -0.4 is 9.88 Å². The van der Waals surface area contributed by atoms with Gasteiger partial charge in [-0.25, -0.2) is 13.9 Å². The molecule has 12 heteroatoms. The summed E-state index contributed by atoms with van der Waals surface area (Å²) in [5, 5.41) is 11.8. The van der Waals surface area contributed by atoms with E-state index < -0.39 is 32.4 Å². The van der Waals surface area contributed by atoms with Gasteiger partial charge in [0.2, 0.25) is 0 Å². The summed E-state index contributed by atoms with van der Waals surface area (Å²) in [5.41, 5.74) is 4.43. The highest BCUT2D eigenvalue weighted by Gasteiger charge is 2.38. The molecule has 3 aromatic heterocycles. The van der Waals surface area contributed by atoms with Crippen LogP contribution >= 0.6 is 0 Å². The molecule has 2 atom stereocenters. The summed E-state index contributed by atoms with van der Waals surface area (Å²) >= 11 is 0. The van der Waals surface area contributed by atoms with E-state index in [0.717, 1.165) is 46.4 Å². The zero-order valence-corrected chi connectivity index (χ0v) is 36.7. The monoisotopic (exact) mass is 765 g/mol. The normalized spacial score (nSPS) is 14.5. The van der Waals surface area contributed by atoms with Crippen molar-refractivity contribution in [3.05, 3.63) is 66.1 Å². The zero-order chi connectivity index (χ0) is 38.7. The third-order valence-electron chi connectivity index (χ3n) is 11.1. The first-order chi connectivity index (χ1) is 24.1. The largest absolute Gasteiger partial charge is 0.490 e. The number of nitrogens with two attached hydrogens (primary N) is 1. The van der Waals surface area contributed by atoms with Crippen LogP contribution in [0.2, 0.25) is 36.3 Å². The number of fused-ring (bicyclic) bond motifs is 1. The van der Waals surface area contributed by atoms with Gasteiger partial charge in [0.1, 0.15) is 12.4 Å². The Morgan fingerprint density at radius 2 is 1.52 bits per heavy atom. The number of benzene rings is 1. The van der Waals surface area contributed by atoms with Gasteiger partial charge in [0.25, 0.3) is 0 Å². The second-order valence-corrected chi connectivity index (χ2v) is 29.0. The van der Waals surface area contributed by atoms with Crippen LogP contribution in [-0.2, 0) is 26.4 Å². The predicted octanol–water partition coefficient (Wildman–Crippen LogP) is 10.1. The molecule has 52 heavy (non-hydrogen) atoms. The van der Waals surface area contributed by atoms with E-state index in [1.165, 1.54) is 0 Å². The minimum Gasteiger partial charge on any atom is -0.490 e. The van der Waals surface area contributed by atoms with E-state index in [-0.39, 0.29) is 16.0 Å². The van der Waals surface area contributed by atoms with Gasteiger partial charge in [0.15, 0.2) is 22.5 Å². The number of nitrogens with zero attached hydrogens (tertiary/aromatic N) is 4. The van der Waals surface area contributed by atoms with Crippen LogP contribution in [0.1, 0.15) is 98.9 Å². The second kappa shape index (κ2) is 16.3. The molecular formula is C40H63N5O4SSi2. The Labute approximate surface area is 317 Å². The number of hydrogen-bond donors (Lipinski definition) is 1. The van der Waals surface area contributed by atoms with Crippen molar-refractivity contribution in [3.8, 4) is 22.8 Å². The molecule has 0 spiro atoms. The SMILES string of the molecule is CCC[C@@H](CC(C)(C)S(N)=O)c1cccc(-c2cc(OCCO[Si](C)(C)C(C)(C)C)c3cnn(-c4cccc(CO[Si](C)(C)C(C)(C)C)n4)c3c2)n1. The summed E-state index contributed by atoms with van der Waals surface area (Å²) in [6, 6.07) is 16.3. The van der Waals surface area contributed by atoms with E-state index in [0.29, 0.717) is 37.8 Å². The highest BCUT2D eigenvalue weighted by atomic mass is 32.2. The molecule has 0 bridgehead atoms. The van der Waals surface area contributed by atoms with Crippen molar-refractivity contribution in [2.24, 2.45) is 5.14 Å². The summed E-state index contributed by atoms with van der Waals surface area (Å²) in [6.07, 6.45) is 4.43. The van der Waals surface area contributed by atoms with E-state index in [2.05, 4.69) is 98.9 Å². The van der Waals surface area contributed by atoms with Gasteiger partial charge in [-0.3, -0.25) is 10.1 Å². The zero-order valence-electron chi connectivity index (χ0n) is 33.9. The molecular weight excluding hydrogens is 703 g/mol. The minimum atomic E-state index is -1.96. The molecule has 3 heterocycles. The molecule has 0 amide bonds. The Bertz CT molecular complexity index is 1850. The third kappa shape index (κ3) is 10.1. The molecule has 9 nitrogen and oxygen atoms in total. The van der Waals surface area contributed by atoms with Gasteiger partial charge < -0.3 is 13.6 Å². The van der Waals surface area contributed by atoms with Crippen molar-refractivity contribution in [1.29, 1.82) is 0 Å². The Kier molecular flexibility index (Phi) is 13.2. The summed E-state index contributed by atoms with van der Waals surface area (Å²) in [4.78, 5) is 10.2. The van der Waals surface area contributed by atoms with Crippen molar-refractivity contribution < 1.29 is 17.8 Å². The average Bonchev–Trinajstić information content (AvgIpc) is 3.49. The molecule has 4 rings (SSSR count). The van der Waals surface area contributed by atoms with Crippen LogP contribution in [0.15, 0.2) is 54.7 Å². The molecule has 0 aliphatic heterocycles. The molecule has 0 aliphatic rings. The fraction of sp³-hybridized carbons (Fsp3) is 0.575. The van der Waals surface area contributed by atoms with Crippen LogP contribution in [0.4, 0.5) is 0 Å². The minimum absolute atomic E-state index is 0.104. The first-order valence-corrected chi connectivity index (χ1v) is 25.6. The Balaban J connectivity index is 1.76. The van der Waals surface area contributed by atoms with Crippen molar-refractivity contribution in [2.45, 2.75) is 135 Å². The van der Waals surface area contributed by atoms with Crippen LogP contribution in [-0.4, -0.2) is 58.6 Å². The van der Waals surface area contributed by atoms with E-state index in [4.69, 9.17) is 33.8 Å². The molecule has 1 unspecified atom stereocenters. The van der Waals surface area contributed by atoms with E-state index in [1.807, 2.05) is 49.0 Å². The lowest BCUT2D eigenvalue weighted by atomic mass is 9.89. The van der Waals surface area contributed by atoms with Crippen LogP contribution in [0, 0.1) is 0 Å². The lowest BCUT2D eigenvalue weighted by molar-refractivity contribution is 0.205. The number of pyridine rings is 2. The van der Waals surface area contributed by atoms with Crippen LogP contribution in [0.3, 0.4) is 0 Å². The Morgan fingerprint density at radius 1 is 0.865 bits per heavy atom. The molecule has 0 fully saturated rings. The molecule has 0 radical (unpaired) electrons. The molecule has 286 valence electrons. The molecule has 1 aromatic carbocycles. The number of rotatable bonds is 16. The average molecular weight is 766 g/mol. The lowest BCUT2D eigenvalue weighted by Gasteiger charge is -2.36. The van der Waals surface area contributed by atoms with Crippen LogP contribution in [0.5, 0.6) is 5.75 Å². The summed E-state index contributed by atoms with van der Waals surface area (Å²) in [5.74, 6) is 1.54. The van der Waals surface area contributed by atoms with Gasteiger partial charge in [0, 0.05) is 17.2 Å². The van der Waals surface area contributed by atoms with Crippen molar-refractivity contribution in [3.63, 3.8) is 0 Å². The van der Waals surface area contributed by atoms with Crippen molar-refractivity contribution in [2.75, 3.05) is 13.2 Å². The Morgan fingerprint density at radius 3 is 2.15 bits per heavy atom. The standard InChI is InChI=1S/C40H63N5O4SSi2/c1-14-17-29(26-40(8,9)50(41)46)33-19-16-20-34(44-33)30-24-35-32(36(25-30)47-22-23-48-51(10,11)38(2,3)4)27-42-45(35)37-21-15-18-31(43-37)28-49-52(12,13)39(5,6)7/h15-16,18-21,24-25,27,29H,14,17,22-23,26,28,41H2,1-13H3/t29-,50?/m0/s1. The summed E-state index contributed by atoms with van der Waals surface area (Å²) in [6.45, 7) is 29.9. The van der Waals surface area contributed by atoms with E-state index >= 15 is 0 Å². The van der Waals surface area contributed by atoms with Gasteiger partial charge in [-0.2, -0.15) is 5.10 Å². The van der Waals surface area contributed by atoms with E-state index in [1.54, 1.807) is 0 Å². The maximum absolute atomic E-state index is 12.4. The number of ether oxygens (including phenoxy) is 1. The van der Waals surface area contributed by atoms with E-state index in [9.17, 15) is 4.21 Å². The maximum atomic E-state index is 12.4. The van der Waals surface area contributed by atoms with Crippen LogP contribution in [0.25, 0.3) is 28.0 Å². The molecule has 4 aromatic rings. The first-order valence-electron chi connectivity index (χ1n) is 18.6. The topological polar surface area (TPSA) is 114 Å². The number of hydrogen-bond acceptors (Lipinski definition) is 7. The fourth-order valence-electron chi connectivity index (χ4n) is 5.56. The first kappa shape index (κ1) is 42.0. The van der Waals surface area contributed by atoms with Gasteiger partial charge in [0.05, 0.1) is 57.4 Å². The highest BCUT2D eigenvalue weighted by Crippen LogP contribution is 2.39. The maximum Gasteiger partial charge on any atom is 0.192 e. The Hall–Kier alpha value is -2.75. The quantitative estimate of drug-likeness (QED) is 0.0892.